The molecule has 35 heavy (non-hydrogen) atoms. The largest absolute Gasteiger partial charge is 0.480 e. The summed E-state index contributed by atoms with van der Waals surface area (Å²) in [4.78, 5) is 61.2. The number of nitrogens with one attached hydrogen (secondary N) is 3. The summed E-state index contributed by atoms with van der Waals surface area (Å²) in [6, 6.07) is 4.42. The maximum absolute atomic E-state index is 13.1. The van der Waals surface area contributed by atoms with Crippen LogP contribution in [0.25, 0.3) is 0 Å². The smallest absolute Gasteiger partial charge is 0.326 e. The molecule has 194 valence electrons. The molecule has 0 aliphatic heterocycles. The van der Waals surface area contributed by atoms with E-state index in [1.807, 2.05) is 0 Å². The molecule has 0 radical (unpaired) electrons. The van der Waals surface area contributed by atoms with Crippen LogP contribution in [-0.2, 0) is 30.4 Å². The van der Waals surface area contributed by atoms with Crippen LogP contribution in [-0.4, -0.2) is 76.6 Å². The number of primary amides is 1. The van der Waals surface area contributed by atoms with Gasteiger partial charge in [0.25, 0.3) is 0 Å². The second kappa shape index (κ2) is 16.0. The molecule has 4 atom stereocenters. The number of carboxylic acid groups (broad SMARTS) is 1. The maximum Gasteiger partial charge on any atom is 0.326 e. The summed E-state index contributed by atoms with van der Waals surface area (Å²) < 4.78 is 0. The van der Waals surface area contributed by atoms with Gasteiger partial charge in [0.05, 0.1) is 6.04 Å². The highest BCUT2D eigenvalue weighted by Gasteiger charge is 2.30. The Morgan fingerprint density at radius 3 is 2.06 bits per heavy atom. The third kappa shape index (κ3) is 11.5. The highest BCUT2D eigenvalue weighted by Crippen LogP contribution is 2.07. The molecule has 4 unspecified atom stereocenters. The number of carbonyl (C=O) groups is 5. The van der Waals surface area contributed by atoms with Crippen LogP contribution in [0, 0.1) is 0 Å². The fraction of sp³-hybridized carbons (Fsp3) is 0.500. The van der Waals surface area contributed by atoms with Crippen molar-refractivity contribution in [3.8, 4) is 0 Å². The van der Waals surface area contributed by atoms with Gasteiger partial charge < -0.3 is 32.5 Å². The van der Waals surface area contributed by atoms with E-state index in [4.69, 9.17) is 11.5 Å². The van der Waals surface area contributed by atoms with Gasteiger partial charge in [-0.15, -0.1) is 0 Å². The third-order valence-electron chi connectivity index (χ3n) is 4.99. The molecule has 0 saturated heterocycles. The van der Waals surface area contributed by atoms with Crippen molar-refractivity contribution in [3.05, 3.63) is 35.9 Å². The van der Waals surface area contributed by atoms with Crippen molar-refractivity contribution in [2.75, 3.05) is 17.8 Å². The Morgan fingerprint density at radius 1 is 0.943 bits per heavy atom. The molecule has 0 fully saturated rings. The van der Waals surface area contributed by atoms with E-state index in [1.54, 1.807) is 36.6 Å². The molecular weight excluding hydrogens is 494 g/mol. The number of amides is 4. The fourth-order valence-corrected chi connectivity index (χ4v) is 3.65. The topological polar surface area (TPSA) is 194 Å². The molecule has 8 N–H and O–H groups in total. The summed E-state index contributed by atoms with van der Waals surface area (Å²) in [5, 5.41) is 16.9. The molecule has 0 aliphatic rings. The number of nitrogens with two attached hydrogens (primary N) is 2. The van der Waals surface area contributed by atoms with Crippen molar-refractivity contribution < 1.29 is 29.1 Å². The van der Waals surface area contributed by atoms with Gasteiger partial charge in [0.15, 0.2) is 0 Å². The monoisotopic (exact) mass is 527 g/mol. The molecule has 4 amide bonds. The average Bonchev–Trinajstić information content (AvgIpc) is 2.83. The summed E-state index contributed by atoms with van der Waals surface area (Å²) in [5.41, 5.74) is 11.7. The first-order valence-electron chi connectivity index (χ1n) is 10.9. The van der Waals surface area contributed by atoms with E-state index < -0.39 is 53.8 Å². The van der Waals surface area contributed by atoms with Gasteiger partial charge in [-0.1, -0.05) is 30.3 Å². The van der Waals surface area contributed by atoms with E-state index in [2.05, 4.69) is 28.6 Å². The zero-order chi connectivity index (χ0) is 26.4. The Hall–Kier alpha value is -2.77. The van der Waals surface area contributed by atoms with Gasteiger partial charge in [-0.3, -0.25) is 19.2 Å². The number of benzene rings is 1. The second-order valence-electron chi connectivity index (χ2n) is 7.79. The Balaban J connectivity index is 3.08. The van der Waals surface area contributed by atoms with Crippen LogP contribution in [0.2, 0.25) is 0 Å². The quantitative estimate of drug-likeness (QED) is 0.134. The second-order valence-corrected chi connectivity index (χ2v) is 9.14. The highest BCUT2D eigenvalue weighted by molar-refractivity contribution is 7.98. The van der Waals surface area contributed by atoms with Crippen LogP contribution in [0.4, 0.5) is 0 Å². The van der Waals surface area contributed by atoms with E-state index >= 15 is 0 Å². The molecule has 11 nitrogen and oxygen atoms in total. The number of carbonyl (C=O) groups excluding carboxylic acids is 4. The molecule has 0 saturated carbocycles. The van der Waals surface area contributed by atoms with Crippen molar-refractivity contribution in [1.29, 1.82) is 0 Å². The molecule has 0 aromatic heterocycles. The molecule has 13 heteroatoms. The number of thiol groups is 1. The molecule has 0 aliphatic carbocycles. The zero-order valence-electron chi connectivity index (χ0n) is 19.4. The number of aliphatic carboxylic acids is 1. The molecular formula is C22H33N5O6S2. The average molecular weight is 528 g/mol. The van der Waals surface area contributed by atoms with Crippen molar-refractivity contribution >= 4 is 54.0 Å². The Morgan fingerprint density at radius 2 is 1.51 bits per heavy atom. The van der Waals surface area contributed by atoms with Crippen LogP contribution in [0.5, 0.6) is 0 Å². The Labute approximate surface area is 213 Å². The van der Waals surface area contributed by atoms with E-state index in [1.165, 1.54) is 11.8 Å². The molecule has 0 spiro atoms. The first kappa shape index (κ1) is 30.3. The predicted molar refractivity (Wildman–Crippen MR) is 137 cm³/mol. The van der Waals surface area contributed by atoms with Crippen LogP contribution in [0.3, 0.4) is 0 Å². The number of carboxylic acids is 1. The highest BCUT2D eigenvalue weighted by atomic mass is 32.2. The summed E-state index contributed by atoms with van der Waals surface area (Å²) in [6.07, 6.45) is 1.71. The van der Waals surface area contributed by atoms with E-state index in [0.717, 1.165) is 5.56 Å². The lowest BCUT2D eigenvalue weighted by atomic mass is 10.0. The lowest BCUT2D eigenvalue weighted by molar-refractivity contribution is -0.142. The van der Waals surface area contributed by atoms with Gasteiger partial charge >= 0.3 is 5.97 Å². The minimum absolute atomic E-state index is 0.0573. The summed E-state index contributed by atoms with van der Waals surface area (Å²) in [6.45, 7) is 0. The number of hydrogen-bond donors (Lipinski definition) is 7. The lowest BCUT2D eigenvalue weighted by Gasteiger charge is -2.25. The molecule has 0 bridgehead atoms. The fourth-order valence-electron chi connectivity index (χ4n) is 3.01. The minimum Gasteiger partial charge on any atom is -0.480 e. The predicted octanol–water partition coefficient (Wildman–Crippen LogP) is -0.956. The number of thioether (sulfide) groups is 1. The minimum atomic E-state index is -1.25. The van der Waals surface area contributed by atoms with Gasteiger partial charge in [0.2, 0.25) is 23.6 Å². The van der Waals surface area contributed by atoms with Crippen LogP contribution >= 0.6 is 24.4 Å². The van der Waals surface area contributed by atoms with E-state index in [-0.39, 0.29) is 31.4 Å². The van der Waals surface area contributed by atoms with Crippen LogP contribution < -0.4 is 27.4 Å². The van der Waals surface area contributed by atoms with E-state index in [0.29, 0.717) is 5.75 Å². The van der Waals surface area contributed by atoms with Crippen LogP contribution in [0.1, 0.15) is 24.8 Å². The van der Waals surface area contributed by atoms with Crippen molar-refractivity contribution in [1.82, 2.24) is 16.0 Å². The SMILES string of the molecule is CSCCC(NC(=O)C(CCC(N)=O)NC(=O)C(Cc1ccccc1)NC(=O)C(N)CS)C(=O)O. The number of hydrogen-bond acceptors (Lipinski definition) is 8. The first-order valence-corrected chi connectivity index (χ1v) is 12.9. The molecule has 1 aromatic rings. The molecule has 1 aromatic carbocycles. The van der Waals surface area contributed by atoms with Crippen molar-refractivity contribution in [2.45, 2.75) is 49.9 Å². The zero-order valence-corrected chi connectivity index (χ0v) is 21.1. The van der Waals surface area contributed by atoms with E-state index in [9.17, 15) is 29.1 Å². The normalized spacial score (nSPS) is 14.1. The van der Waals surface area contributed by atoms with Crippen molar-refractivity contribution in [2.24, 2.45) is 11.5 Å². The lowest BCUT2D eigenvalue weighted by Crippen LogP contribution is -2.58. The Bertz CT molecular complexity index is 873. The van der Waals surface area contributed by atoms with Crippen LogP contribution in [0.15, 0.2) is 30.3 Å². The summed E-state index contributed by atoms with van der Waals surface area (Å²) in [7, 11) is 0. The van der Waals surface area contributed by atoms with Gasteiger partial charge in [-0.25, -0.2) is 4.79 Å². The standard InChI is InChI=1S/C22H33N5O6S2/c1-35-10-9-16(22(32)33)26-20(30)15(7-8-18(24)28)25-21(31)17(27-19(29)14(23)12-34)11-13-5-3-2-4-6-13/h2-6,14-17,34H,7-12,23H2,1H3,(H2,24,28)(H,25,31)(H,26,30)(H,27,29)(H,32,33). The number of rotatable bonds is 16. The third-order valence-corrected chi connectivity index (χ3v) is 6.02. The van der Waals surface area contributed by atoms with Crippen molar-refractivity contribution in [3.63, 3.8) is 0 Å². The maximum atomic E-state index is 13.1. The van der Waals surface area contributed by atoms with Gasteiger partial charge in [-0.2, -0.15) is 24.4 Å². The van der Waals surface area contributed by atoms with Gasteiger partial charge in [0, 0.05) is 18.6 Å². The molecule has 1 rings (SSSR count). The summed E-state index contributed by atoms with van der Waals surface area (Å²) >= 11 is 5.42. The molecule has 0 heterocycles. The Kier molecular flexibility index (Phi) is 13.8. The first-order chi connectivity index (χ1) is 16.6. The van der Waals surface area contributed by atoms with Gasteiger partial charge in [-0.05, 0) is 30.4 Å². The van der Waals surface area contributed by atoms with Gasteiger partial charge in [0.1, 0.15) is 18.1 Å². The summed E-state index contributed by atoms with van der Waals surface area (Å²) in [5.74, 6) is -3.43.